The molecule has 0 aromatic heterocycles. The molecule has 2 aromatic carbocycles. The lowest BCUT2D eigenvalue weighted by Crippen LogP contribution is -2.21. The minimum atomic E-state index is -0.225. The Morgan fingerprint density at radius 3 is 2.62 bits per heavy atom. The molecule has 0 spiro atoms. The van der Waals surface area contributed by atoms with Gasteiger partial charge in [0.05, 0.1) is 20.6 Å². The van der Waals surface area contributed by atoms with Crippen LogP contribution in [0.15, 0.2) is 42.5 Å². The molecule has 0 aliphatic carbocycles. The number of hydrogen-bond acceptors (Lipinski definition) is 4. The fourth-order valence-corrected chi connectivity index (χ4v) is 2.69. The van der Waals surface area contributed by atoms with E-state index in [0.717, 1.165) is 16.9 Å². The van der Waals surface area contributed by atoms with Crippen LogP contribution in [0.1, 0.15) is 23.5 Å². The molecule has 0 saturated heterocycles. The summed E-state index contributed by atoms with van der Waals surface area (Å²) in [5.41, 5.74) is 1.96. The van der Waals surface area contributed by atoms with Gasteiger partial charge in [-0.1, -0.05) is 24.3 Å². The molecule has 0 saturated carbocycles. The Labute approximate surface area is 123 Å². The molecular weight excluding hydrogens is 268 g/mol. The summed E-state index contributed by atoms with van der Waals surface area (Å²) in [6, 6.07) is 13.3. The lowest BCUT2D eigenvalue weighted by molar-refractivity contribution is -0.135. The maximum atomic E-state index is 11.8. The van der Waals surface area contributed by atoms with Crippen LogP contribution in [0.5, 0.6) is 17.2 Å². The molecule has 108 valence electrons. The van der Waals surface area contributed by atoms with E-state index < -0.39 is 0 Å². The third-order valence-electron chi connectivity index (χ3n) is 3.71. The van der Waals surface area contributed by atoms with Gasteiger partial charge in [-0.25, -0.2) is 0 Å². The molecule has 0 radical (unpaired) electrons. The number of para-hydroxylation sites is 1. The van der Waals surface area contributed by atoms with Crippen LogP contribution in [0, 0.1) is 0 Å². The van der Waals surface area contributed by atoms with Crippen molar-refractivity contribution in [2.45, 2.75) is 12.3 Å². The number of ether oxygens (including phenoxy) is 3. The van der Waals surface area contributed by atoms with E-state index in [0.29, 0.717) is 17.9 Å². The van der Waals surface area contributed by atoms with E-state index in [1.54, 1.807) is 14.2 Å². The predicted molar refractivity (Wildman–Crippen MR) is 78.1 cm³/mol. The van der Waals surface area contributed by atoms with Gasteiger partial charge in [0, 0.05) is 23.1 Å². The Morgan fingerprint density at radius 1 is 1.05 bits per heavy atom. The lowest BCUT2D eigenvalue weighted by Gasteiger charge is -2.26. The summed E-state index contributed by atoms with van der Waals surface area (Å²) in [7, 11) is 3.23. The number of esters is 1. The van der Waals surface area contributed by atoms with Gasteiger partial charge >= 0.3 is 5.97 Å². The summed E-state index contributed by atoms with van der Waals surface area (Å²) in [6.07, 6.45) is 0.305. The predicted octanol–water partition coefficient (Wildman–Crippen LogP) is 3.14. The average molecular weight is 284 g/mol. The van der Waals surface area contributed by atoms with Crippen molar-refractivity contribution in [3.05, 3.63) is 53.6 Å². The van der Waals surface area contributed by atoms with Crippen molar-refractivity contribution in [3.63, 3.8) is 0 Å². The van der Waals surface area contributed by atoms with E-state index >= 15 is 0 Å². The molecule has 0 amide bonds. The first kappa shape index (κ1) is 13.5. The van der Waals surface area contributed by atoms with Gasteiger partial charge in [0.2, 0.25) is 0 Å². The number of carbonyl (C=O) groups is 1. The van der Waals surface area contributed by atoms with Crippen molar-refractivity contribution in [1.29, 1.82) is 0 Å². The molecule has 21 heavy (non-hydrogen) atoms. The van der Waals surface area contributed by atoms with Crippen molar-refractivity contribution < 1.29 is 19.0 Å². The van der Waals surface area contributed by atoms with Gasteiger partial charge in [0.25, 0.3) is 0 Å². The second-order valence-electron chi connectivity index (χ2n) is 4.88. The first-order valence-electron chi connectivity index (χ1n) is 6.74. The van der Waals surface area contributed by atoms with Crippen LogP contribution in [0.2, 0.25) is 0 Å². The molecule has 4 nitrogen and oxygen atoms in total. The van der Waals surface area contributed by atoms with Crippen molar-refractivity contribution in [1.82, 2.24) is 0 Å². The standard InChI is InChI=1S/C17H16O4/c1-19-11-7-8-13(16(9-11)20-2)14-10-17(18)21-15-6-4-3-5-12(14)15/h3-9,14H,10H2,1-2H3. The van der Waals surface area contributed by atoms with Crippen LogP contribution >= 0.6 is 0 Å². The van der Waals surface area contributed by atoms with Crippen molar-refractivity contribution >= 4 is 5.97 Å². The summed E-state index contributed by atoms with van der Waals surface area (Å²) < 4.78 is 16.0. The van der Waals surface area contributed by atoms with Crippen LogP contribution < -0.4 is 14.2 Å². The van der Waals surface area contributed by atoms with E-state index in [2.05, 4.69) is 0 Å². The molecule has 0 N–H and O–H groups in total. The zero-order chi connectivity index (χ0) is 14.8. The van der Waals surface area contributed by atoms with E-state index in [4.69, 9.17) is 14.2 Å². The second-order valence-corrected chi connectivity index (χ2v) is 4.88. The highest BCUT2D eigenvalue weighted by molar-refractivity contribution is 5.78. The fourth-order valence-electron chi connectivity index (χ4n) is 2.69. The van der Waals surface area contributed by atoms with E-state index in [1.807, 2.05) is 42.5 Å². The first-order valence-corrected chi connectivity index (χ1v) is 6.74. The topological polar surface area (TPSA) is 44.8 Å². The van der Waals surface area contributed by atoms with Gasteiger partial charge in [-0.3, -0.25) is 4.79 Å². The number of rotatable bonds is 3. The van der Waals surface area contributed by atoms with Crippen molar-refractivity contribution in [3.8, 4) is 17.2 Å². The summed E-state index contributed by atoms with van der Waals surface area (Å²) in [6.45, 7) is 0. The third-order valence-corrected chi connectivity index (χ3v) is 3.71. The molecule has 1 unspecified atom stereocenters. The Hall–Kier alpha value is -2.49. The monoisotopic (exact) mass is 284 g/mol. The molecule has 1 heterocycles. The highest BCUT2D eigenvalue weighted by atomic mass is 16.5. The van der Waals surface area contributed by atoms with Gasteiger partial charge in [-0.05, 0) is 12.1 Å². The van der Waals surface area contributed by atoms with Gasteiger partial charge in [-0.2, -0.15) is 0 Å². The quantitative estimate of drug-likeness (QED) is 0.641. The molecule has 1 aliphatic rings. The fraction of sp³-hybridized carbons (Fsp3) is 0.235. The summed E-state index contributed by atoms with van der Waals surface area (Å²) in [5.74, 6) is 1.77. The number of carbonyl (C=O) groups excluding carboxylic acids is 1. The Bertz CT molecular complexity index is 678. The molecule has 0 bridgehead atoms. The van der Waals surface area contributed by atoms with Gasteiger partial charge in [0.1, 0.15) is 17.2 Å². The van der Waals surface area contributed by atoms with E-state index in [9.17, 15) is 4.79 Å². The summed E-state index contributed by atoms with van der Waals surface area (Å²) in [4.78, 5) is 11.8. The number of benzene rings is 2. The van der Waals surface area contributed by atoms with E-state index in [-0.39, 0.29) is 11.9 Å². The SMILES string of the molecule is COc1ccc(C2CC(=O)Oc3ccccc32)c(OC)c1. The van der Waals surface area contributed by atoms with Crippen LogP contribution in [0.25, 0.3) is 0 Å². The second kappa shape index (κ2) is 5.48. The van der Waals surface area contributed by atoms with Crippen LogP contribution in [0.3, 0.4) is 0 Å². The Morgan fingerprint density at radius 2 is 1.86 bits per heavy atom. The number of fused-ring (bicyclic) bond motifs is 1. The Balaban J connectivity index is 2.10. The first-order chi connectivity index (χ1) is 10.2. The summed E-state index contributed by atoms with van der Waals surface area (Å²) >= 11 is 0. The Kier molecular flexibility index (Phi) is 3.52. The largest absolute Gasteiger partial charge is 0.497 e. The third kappa shape index (κ3) is 2.44. The average Bonchev–Trinajstić information content (AvgIpc) is 2.53. The van der Waals surface area contributed by atoms with Gasteiger partial charge in [-0.15, -0.1) is 0 Å². The van der Waals surface area contributed by atoms with Crippen molar-refractivity contribution in [2.75, 3.05) is 14.2 Å². The van der Waals surface area contributed by atoms with Crippen LogP contribution in [-0.4, -0.2) is 20.2 Å². The molecule has 2 aromatic rings. The van der Waals surface area contributed by atoms with Gasteiger partial charge in [0.15, 0.2) is 0 Å². The molecule has 4 heteroatoms. The van der Waals surface area contributed by atoms with Crippen molar-refractivity contribution in [2.24, 2.45) is 0 Å². The van der Waals surface area contributed by atoms with E-state index in [1.165, 1.54) is 0 Å². The lowest BCUT2D eigenvalue weighted by atomic mass is 9.86. The zero-order valence-electron chi connectivity index (χ0n) is 12.0. The highest BCUT2D eigenvalue weighted by Gasteiger charge is 2.30. The maximum absolute atomic E-state index is 11.8. The minimum absolute atomic E-state index is 0.0664. The molecule has 0 fully saturated rings. The zero-order valence-corrected chi connectivity index (χ0v) is 12.0. The molecule has 3 rings (SSSR count). The van der Waals surface area contributed by atoms with Crippen LogP contribution in [-0.2, 0) is 4.79 Å². The van der Waals surface area contributed by atoms with Crippen LogP contribution in [0.4, 0.5) is 0 Å². The number of methoxy groups -OCH3 is 2. The highest BCUT2D eigenvalue weighted by Crippen LogP contribution is 2.42. The van der Waals surface area contributed by atoms with Gasteiger partial charge < -0.3 is 14.2 Å². The summed E-state index contributed by atoms with van der Waals surface area (Å²) in [5, 5.41) is 0. The maximum Gasteiger partial charge on any atom is 0.312 e. The number of hydrogen-bond donors (Lipinski definition) is 0. The normalized spacial score (nSPS) is 16.9. The molecular formula is C17H16O4. The molecule has 1 aliphatic heterocycles. The molecule has 1 atom stereocenters. The smallest absolute Gasteiger partial charge is 0.312 e. The minimum Gasteiger partial charge on any atom is -0.497 e.